The Morgan fingerprint density at radius 3 is 1.57 bits per heavy atom. The molecule has 0 heterocycles. The minimum Gasteiger partial charge on any atom is -0.480 e. The van der Waals surface area contributed by atoms with Crippen molar-refractivity contribution >= 4 is 65.1 Å². The van der Waals surface area contributed by atoms with E-state index in [2.05, 4.69) is 47.5 Å². The minimum absolute atomic E-state index is 0.0104. The molecule has 0 saturated heterocycles. The molecule has 1 aromatic rings. The molecule has 1 rings (SSSR count). The summed E-state index contributed by atoms with van der Waals surface area (Å²) in [4.78, 5) is 133. The lowest BCUT2D eigenvalue weighted by atomic mass is 9.97. The number of nitrogens with one attached hydrogen (secondary N) is 9. The Kier molecular flexibility index (Phi) is 27.1. The molecule has 28 nitrogen and oxygen atoms in total. The molecule has 0 fully saturated rings. The molecule has 0 aliphatic carbocycles. The van der Waals surface area contributed by atoms with Crippen molar-refractivity contribution in [3.05, 3.63) is 35.9 Å². The highest BCUT2D eigenvalue weighted by molar-refractivity contribution is 5.98. The maximum atomic E-state index is 13.9. The van der Waals surface area contributed by atoms with Gasteiger partial charge in [0, 0.05) is 13.0 Å². The number of nitrogens with zero attached hydrogens (tertiary/aromatic N) is 1. The van der Waals surface area contributed by atoms with Gasteiger partial charge in [-0.3, -0.25) is 52.9 Å². The van der Waals surface area contributed by atoms with E-state index in [1.54, 1.807) is 44.2 Å². The predicted molar refractivity (Wildman–Crippen MR) is 243 cm³/mol. The summed E-state index contributed by atoms with van der Waals surface area (Å²) in [6.07, 6.45) is -1.34. The molecule has 386 valence electrons. The normalized spacial score (nSPS) is 15.2. The summed E-state index contributed by atoms with van der Waals surface area (Å²) < 4.78 is 0. The smallest absolute Gasteiger partial charge is 0.322 e. The number of carboxylic acid groups (broad SMARTS) is 1. The van der Waals surface area contributed by atoms with Crippen LogP contribution in [0.25, 0.3) is 0 Å². The van der Waals surface area contributed by atoms with Crippen molar-refractivity contribution in [2.24, 2.45) is 28.1 Å². The number of rotatable bonds is 31. The van der Waals surface area contributed by atoms with Gasteiger partial charge in [0.2, 0.25) is 53.2 Å². The zero-order valence-corrected chi connectivity index (χ0v) is 38.7. The number of carbonyl (C=O) groups excluding carboxylic acids is 9. The first-order valence-corrected chi connectivity index (χ1v) is 21.7. The van der Waals surface area contributed by atoms with E-state index in [1.165, 1.54) is 6.92 Å². The molecule has 0 unspecified atom stereocenters. The molecular formula is C41H67N13O15. The van der Waals surface area contributed by atoms with Crippen LogP contribution in [0.1, 0.15) is 52.5 Å². The van der Waals surface area contributed by atoms with Gasteiger partial charge >= 0.3 is 5.97 Å². The second kappa shape index (κ2) is 31.1. The summed E-state index contributed by atoms with van der Waals surface area (Å²) in [7, 11) is 0. The van der Waals surface area contributed by atoms with Crippen LogP contribution < -0.4 is 65.1 Å². The first kappa shape index (κ1) is 60.0. The number of carbonyl (C=O) groups is 10. The molecule has 0 saturated carbocycles. The molecule has 1 aromatic carbocycles. The van der Waals surface area contributed by atoms with Gasteiger partial charge in [-0.2, -0.15) is 0 Å². The summed E-state index contributed by atoms with van der Waals surface area (Å²) in [5.41, 5.74) is 17.2. The molecule has 0 bridgehead atoms. The maximum Gasteiger partial charge on any atom is 0.322 e. The van der Waals surface area contributed by atoms with E-state index in [0.29, 0.717) is 5.56 Å². The van der Waals surface area contributed by atoms with Crippen LogP contribution in [0.2, 0.25) is 0 Å². The van der Waals surface area contributed by atoms with Gasteiger partial charge in [0.25, 0.3) is 0 Å². The lowest BCUT2D eigenvalue weighted by Gasteiger charge is -2.29. The van der Waals surface area contributed by atoms with Crippen molar-refractivity contribution in [1.82, 2.24) is 47.9 Å². The van der Waals surface area contributed by atoms with Crippen LogP contribution >= 0.6 is 0 Å². The fraction of sp³-hybridized carbons (Fsp3) is 0.585. The number of aliphatic imine (C=N–C) groups is 1. The molecule has 69 heavy (non-hydrogen) atoms. The Morgan fingerprint density at radius 2 is 1.07 bits per heavy atom. The highest BCUT2D eigenvalue weighted by Crippen LogP contribution is 2.11. The number of hydrogen-bond acceptors (Lipinski definition) is 16. The van der Waals surface area contributed by atoms with Crippen LogP contribution in [-0.2, 0) is 54.4 Å². The number of benzene rings is 1. The highest BCUT2D eigenvalue weighted by Gasteiger charge is 2.35. The van der Waals surface area contributed by atoms with E-state index in [9.17, 15) is 68.4 Å². The SMILES string of the molecule is CC[C@H](C)[C@H](NC(=O)[C@H](CCCN=C(N)N)NC(=O)[C@H](CO)NC(=O)[C@H](Cc1ccccc1)NC(=O)[C@H](C)N)C(=O)N[C@@H](CO)C(=O)N[C@@H](CO)C(=O)NCC(=O)N[C@H](C(=O)NCC(=O)O)[C@@H](C)O. The maximum absolute atomic E-state index is 13.9. The van der Waals surface area contributed by atoms with Crippen molar-refractivity contribution in [3.63, 3.8) is 0 Å². The molecule has 0 spiro atoms. The number of amides is 9. The summed E-state index contributed by atoms with van der Waals surface area (Å²) in [6, 6.07) is -3.45. The number of aliphatic hydroxyl groups is 4. The Bertz CT molecular complexity index is 1940. The lowest BCUT2D eigenvalue weighted by Crippen LogP contribution is -2.62. The second-order valence-corrected chi connectivity index (χ2v) is 15.8. The summed E-state index contributed by atoms with van der Waals surface area (Å²) in [6.45, 7) is 1.00. The van der Waals surface area contributed by atoms with Crippen LogP contribution in [0, 0.1) is 5.92 Å². The Balaban J connectivity index is 3.20. The average Bonchev–Trinajstić information content (AvgIpc) is 3.30. The topological polar surface area (TPSA) is 471 Å². The van der Waals surface area contributed by atoms with Crippen molar-refractivity contribution in [2.75, 3.05) is 39.5 Å². The zero-order chi connectivity index (χ0) is 52.4. The zero-order valence-electron chi connectivity index (χ0n) is 38.7. The number of hydrogen-bond donors (Lipinski definition) is 17. The van der Waals surface area contributed by atoms with Crippen LogP contribution in [0.15, 0.2) is 35.3 Å². The largest absolute Gasteiger partial charge is 0.480 e. The third-order valence-electron chi connectivity index (χ3n) is 10.1. The quantitative estimate of drug-likeness (QED) is 0.0187. The fourth-order valence-corrected chi connectivity index (χ4v) is 5.94. The number of guanidine groups is 1. The van der Waals surface area contributed by atoms with E-state index in [-0.39, 0.29) is 38.2 Å². The Hall–Kier alpha value is -7.01. The van der Waals surface area contributed by atoms with E-state index in [1.807, 2.05) is 5.32 Å². The molecule has 20 N–H and O–H groups in total. The van der Waals surface area contributed by atoms with Gasteiger partial charge in [0.05, 0.1) is 38.5 Å². The van der Waals surface area contributed by atoms with E-state index in [4.69, 9.17) is 22.3 Å². The van der Waals surface area contributed by atoms with E-state index >= 15 is 0 Å². The number of carboxylic acids is 1. The minimum atomic E-state index is -1.80. The van der Waals surface area contributed by atoms with Gasteiger partial charge in [-0.25, -0.2) is 0 Å². The van der Waals surface area contributed by atoms with E-state index < -0.39 is 152 Å². The number of nitrogens with two attached hydrogens (primary N) is 3. The van der Waals surface area contributed by atoms with Gasteiger partial charge in [-0.1, -0.05) is 50.6 Å². The van der Waals surface area contributed by atoms with Crippen LogP contribution in [0.4, 0.5) is 0 Å². The van der Waals surface area contributed by atoms with Crippen LogP contribution in [-0.4, -0.2) is 185 Å². The molecular weight excluding hydrogens is 915 g/mol. The molecule has 0 aromatic heterocycles. The number of aliphatic hydroxyl groups excluding tert-OH is 4. The molecule has 28 heteroatoms. The Labute approximate surface area is 397 Å². The average molecular weight is 982 g/mol. The first-order valence-electron chi connectivity index (χ1n) is 21.7. The molecule has 0 radical (unpaired) electrons. The summed E-state index contributed by atoms with van der Waals surface area (Å²) in [5.74, 6) is -11.3. The van der Waals surface area contributed by atoms with Crippen LogP contribution in [0.3, 0.4) is 0 Å². The van der Waals surface area contributed by atoms with E-state index in [0.717, 1.165) is 6.92 Å². The van der Waals surface area contributed by atoms with Gasteiger partial charge < -0.3 is 90.6 Å². The molecule has 0 aliphatic rings. The second-order valence-electron chi connectivity index (χ2n) is 15.8. The van der Waals surface area contributed by atoms with Crippen LogP contribution in [0.5, 0.6) is 0 Å². The summed E-state index contributed by atoms with van der Waals surface area (Å²) in [5, 5.41) is 69.2. The lowest BCUT2D eigenvalue weighted by molar-refractivity contribution is -0.139. The van der Waals surface area contributed by atoms with Crippen molar-refractivity contribution in [3.8, 4) is 0 Å². The molecule has 9 amide bonds. The highest BCUT2D eigenvalue weighted by atomic mass is 16.4. The monoisotopic (exact) mass is 981 g/mol. The van der Waals surface area contributed by atoms with Gasteiger partial charge in [-0.15, -0.1) is 0 Å². The standard InChI is InChI=1S/C41H67N13O15/c1-5-20(2)31(40(69)52-28(19-57)38(67)50-26(17-55)34(63)46-15-29(59)53-32(22(4)58)39(68)47-16-30(60)61)54-35(64)24(12-9-13-45-41(43)44)48-37(66)27(18-56)51-36(65)25(49-33(62)21(3)42)14-23-10-7-6-8-11-23/h6-8,10-11,20-22,24-28,31-32,55-58H,5,9,12-19,42H2,1-4H3,(H,46,63)(H,47,68)(H,48,66)(H,49,62)(H,50,67)(H,51,65)(H,52,69)(H,53,59)(H,54,64)(H,60,61)(H4,43,44,45)/t20-,21-,22+,24-,25-,26-,27-,28-,31-,32-/m0/s1. The predicted octanol–water partition coefficient (Wildman–Crippen LogP) is -8.26. The molecule has 10 atom stereocenters. The molecule has 0 aliphatic heterocycles. The fourth-order valence-electron chi connectivity index (χ4n) is 5.94. The van der Waals surface area contributed by atoms with Gasteiger partial charge in [0.15, 0.2) is 5.96 Å². The van der Waals surface area contributed by atoms with Gasteiger partial charge in [0.1, 0.15) is 48.8 Å². The first-order chi connectivity index (χ1) is 32.5. The van der Waals surface area contributed by atoms with Gasteiger partial charge in [-0.05, 0) is 38.2 Å². The van der Waals surface area contributed by atoms with Crippen molar-refractivity contribution in [2.45, 2.75) is 108 Å². The third kappa shape index (κ3) is 22.1. The van der Waals surface area contributed by atoms with Crippen molar-refractivity contribution in [1.29, 1.82) is 0 Å². The Morgan fingerprint density at radius 1 is 0.594 bits per heavy atom. The van der Waals surface area contributed by atoms with Crippen molar-refractivity contribution < 1.29 is 73.5 Å². The third-order valence-corrected chi connectivity index (χ3v) is 10.1. The summed E-state index contributed by atoms with van der Waals surface area (Å²) >= 11 is 0. The number of aliphatic carboxylic acids is 1.